The van der Waals surface area contributed by atoms with Crippen LogP contribution in [0, 0.1) is 0 Å². The lowest BCUT2D eigenvalue weighted by molar-refractivity contribution is -0.162. The predicted molar refractivity (Wildman–Crippen MR) is 67.5 cm³/mol. The van der Waals surface area contributed by atoms with Crippen molar-refractivity contribution in [3.63, 3.8) is 0 Å². The van der Waals surface area contributed by atoms with Crippen LogP contribution in [0.5, 0.6) is 0 Å². The summed E-state index contributed by atoms with van der Waals surface area (Å²) in [6.45, 7) is 0.818. The molecule has 0 bridgehead atoms. The Kier molecular flexibility index (Phi) is 4.32. The zero-order valence-electron chi connectivity index (χ0n) is 10.5. The minimum absolute atomic E-state index is 0.136. The molecule has 2 rings (SSSR count). The lowest BCUT2D eigenvalue weighted by Gasteiger charge is -2.34. The van der Waals surface area contributed by atoms with Gasteiger partial charge in [-0.05, 0) is 11.4 Å². The number of hydrogen-bond acceptors (Lipinski definition) is 3. The fourth-order valence-electron chi connectivity index (χ4n) is 2.00. The summed E-state index contributed by atoms with van der Waals surface area (Å²) in [6.07, 6.45) is -5.92. The standard InChI is InChI=1S/C12H13F3N2O2S/c13-12(14,15)8-10(18)16-3-5-17(6-4-16)11(19)9-2-1-7-20-9/h1-2,7H,3-6,8H2. The predicted octanol–water partition coefficient (Wildman–Crippen LogP) is 1.98. The maximum absolute atomic E-state index is 12.1. The smallest absolute Gasteiger partial charge is 0.339 e. The second-order valence-corrected chi connectivity index (χ2v) is 5.39. The molecule has 1 aliphatic rings. The number of carbonyl (C=O) groups is 2. The van der Waals surface area contributed by atoms with E-state index in [1.54, 1.807) is 22.4 Å². The average molecular weight is 306 g/mol. The highest BCUT2D eigenvalue weighted by Gasteiger charge is 2.35. The molecular weight excluding hydrogens is 293 g/mol. The fourth-order valence-corrected chi connectivity index (χ4v) is 2.69. The van der Waals surface area contributed by atoms with Crippen LogP contribution in [-0.4, -0.2) is 54.0 Å². The van der Waals surface area contributed by atoms with Gasteiger partial charge in [0, 0.05) is 26.2 Å². The maximum Gasteiger partial charge on any atom is 0.397 e. The molecule has 1 aliphatic heterocycles. The topological polar surface area (TPSA) is 40.6 Å². The van der Waals surface area contributed by atoms with Crippen molar-refractivity contribution in [3.8, 4) is 0 Å². The van der Waals surface area contributed by atoms with Crippen molar-refractivity contribution >= 4 is 23.2 Å². The molecule has 20 heavy (non-hydrogen) atoms. The molecule has 2 heterocycles. The number of amides is 2. The molecule has 0 saturated carbocycles. The highest BCUT2D eigenvalue weighted by Crippen LogP contribution is 2.21. The Morgan fingerprint density at radius 1 is 1.15 bits per heavy atom. The number of hydrogen-bond donors (Lipinski definition) is 0. The van der Waals surface area contributed by atoms with Crippen LogP contribution in [0.1, 0.15) is 16.1 Å². The molecule has 1 fully saturated rings. The van der Waals surface area contributed by atoms with Crippen LogP contribution in [0.2, 0.25) is 0 Å². The monoisotopic (exact) mass is 306 g/mol. The van der Waals surface area contributed by atoms with E-state index >= 15 is 0 Å². The fraction of sp³-hybridized carbons (Fsp3) is 0.500. The summed E-state index contributed by atoms with van der Waals surface area (Å²) in [5, 5.41) is 1.79. The van der Waals surface area contributed by atoms with Gasteiger partial charge in [-0.25, -0.2) is 0 Å². The van der Waals surface area contributed by atoms with Gasteiger partial charge in [0.15, 0.2) is 0 Å². The number of nitrogens with zero attached hydrogens (tertiary/aromatic N) is 2. The molecular formula is C12H13F3N2O2S. The van der Waals surface area contributed by atoms with Crippen molar-refractivity contribution in [1.29, 1.82) is 0 Å². The number of rotatable bonds is 2. The molecule has 0 aromatic carbocycles. The number of carbonyl (C=O) groups excluding carboxylic acids is 2. The zero-order chi connectivity index (χ0) is 14.8. The molecule has 0 unspecified atom stereocenters. The molecule has 110 valence electrons. The molecule has 0 spiro atoms. The molecule has 0 aliphatic carbocycles. The van der Waals surface area contributed by atoms with Gasteiger partial charge in [0.2, 0.25) is 5.91 Å². The Balaban J connectivity index is 1.86. The molecule has 1 saturated heterocycles. The van der Waals surface area contributed by atoms with Crippen molar-refractivity contribution < 1.29 is 22.8 Å². The van der Waals surface area contributed by atoms with Gasteiger partial charge in [0.1, 0.15) is 6.42 Å². The van der Waals surface area contributed by atoms with E-state index in [4.69, 9.17) is 0 Å². The molecule has 2 amide bonds. The molecule has 0 radical (unpaired) electrons. The lowest BCUT2D eigenvalue weighted by Crippen LogP contribution is -2.51. The van der Waals surface area contributed by atoms with Gasteiger partial charge < -0.3 is 9.80 Å². The maximum atomic E-state index is 12.1. The molecule has 8 heteroatoms. The molecule has 4 nitrogen and oxygen atoms in total. The highest BCUT2D eigenvalue weighted by molar-refractivity contribution is 7.12. The second kappa shape index (κ2) is 5.82. The van der Waals surface area contributed by atoms with Gasteiger partial charge in [-0.1, -0.05) is 6.07 Å². The van der Waals surface area contributed by atoms with Crippen molar-refractivity contribution in [1.82, 2.24) is 9.80 Å². The van der Waals surface area contributed by atoms with Crippen molar-refractivity contribution in [3.05, 3.63) is 22.4 Å². The Hall–Kier alpha value is -1.57. The van der Waals surface area contributed by atoms with Gasteiger partial charge in [-0.2, -0.15) is 13.2 Å². The van der Waals surface area contributed by atoms with E-state index in [0.29, 0.717) is 4.88 Å². The van der Waals surface area contributed by atoms with Crippen LogP contribution >= 0.6 is 11.3 Å². The summed E-state index contributed by atoms with van der Waals surface area (Å²) < 4.78 is 36.4. The van der Waals surface area contributed by atoms with Crippen molar-refractivity contribution in [2.24, 2.45) is 0 Å². The van der Waals surface area contributed by atoms with E-state index < -0.39 is 18.5 Å². The Labute approximate surface area is 117 Å². The van der Waals surface area contributed by atoms with Crippen molar-refractivity contribution in [2.75, 3.05) is 26.2 Å². The Morgan fingerprint density at radius 2 is 1.75 bits per heavy atom. The van der Waals surface area contributed by atoms with E-state index in [1.807, 2.05) is 0 Å². The number of piperazine rings is 1. The molecule has 0 N–H and O–H groups in total. The number of thiophene rings is 1. The minimum Gasteiger partial charge on any atom is -0.339 e. The van der Waals surface area contributed by atoms with E-state index in [9.17, 15) is 22.8 Å². The molecule has 1 aromatic heterocycles. The third-order valence-corrected chi connectivity index (χ3v) is 3.86. The van der Waals surface area contributed by atoms with Crippen molar-refractivity contribution in [2.45, 2.75) is 12.6 Å². The average Bonchev–Trinajstić information content (AvgIpc) is 2.90. The van der Waals surface area contributed by atoms with Gasteiger partial charge in [-0.3, -0.25) is 9.59 Å². The summed E-state index contributed by atoms with van der Waals surface area (Å²) in [5.41, 5.74) is 0. The van der Waals surface area contributed by atoms with Gasteiger partial charge >= 0.3 is 6.18 Å². The second-order valence-electron chi connectivity index (χ2n) is 4.44. The van der Waals surface area contributed by atoms with Crippen LogP contribution in [0.15, 0.2) is 17.5 Å². The summed E-state index contributed by atoms with van der Waals surface area (Å²) in [4.78, 5) is 26.8. The Bertz CT molecular complexity index is 479. The van der Waals surface area contributed by atoms with E-state index in [1.165, 1.54) is 11.3 Å². The number of halogens is 3. The summed E-state index contributed by atoms with van der Waals surface area (Å²) in [6, 6.07) is 3.47. The third kappa shape index (κ3) is 3.72. The van der Waals surface area contributed by atoms with Crippen LogP contribution in [0.25, 0.3) is 0 Å². The van der Waals surface area contributed by atoms with Gasteiger partial charge in [0.05, 0.1) is 4.88 Å². The number of alkyl halides is 3. The van der Waals surface area contributed by atoms with E-state index in [-0.39, 0.29) is 32.1 Å². The first-order valence-corrected chi connectivity index (χ1v) is 6.92. The van der Waals surface area contributed by atoms with Gasteiger partial charge in [0.25, 0.3) is 5.91 Å². The van der Waals surface area contributed by atoms with E-state index in [2.05, 4.69) is 0 Å². The highest BCUT2D eigenvalue weighted by atomic mass is 32.1. The zero-order valence-corrected chi connectivity index (χ0v) is 11.3. The summed E-state index contributed by atoms with van der Waals surface area (Å²) >= 11 is 1.32. The lowest BCUT2D eigenvalue weighted by atomic mass is 10.2. The quantitative estimate of drug-likeness (QED) is 0.838. The summed E-state index contributed by atoms with van der Waals surface area (Å²) in [5.74, 6) is -1.07. The first-order chi connectivity index (χ1) is 9.37. The normalized spacial score (nSPS) is 16.4. The molecule has 0 atom stereocenters. The third-order valence-electron chi connectivity index (χ3n) is 3.00. The first-order valence-electron chi connectivity index (χ1n) is 6.04. The van der Waals surface area contributed by atoms with Crippen LogP contribution in [0.4, 0.5) is 13.2 Å². The molecule has 1 aromatic rings. The van der Waals surface area contributed by atoms with Gasteiger partial charge in [-0.15, -0.1) is 11.3 Å². The van der Waals surface area contributed by atoms with E-state index in [0.717, 1.165) is 4.90 Å². The van der Waals surface area contributed by atoms with Crippen LogP contribution in [-0.2, 0) is 4.79 Å². The van der Waals surface area contributed by atoms with Crippen LogP contribution in [0.3, 0.4) is 0 Å². The minimum atomic E-state index is -4.49. The summed E-state index contributed by atoms with van der Waals surface area (Å²) in [7, 11) is 0. The first kappa shape index (κ1) is 14.8. The SMILES string of the molecule is O=C(CC(F)(F)F)N1CCN(C(=O)c2cccs2)CC1. The Morgan fingerprint density at radius 3 is 2.25 bits per heavy atom. The van der Waals surface area contributed by atoms with Crippen LogP contribution < -0.4 is 0 Å². The largest absolute Gasteiger partial charge is 0.397 e.